The highest BCUT2D eigenvalue weighted by atomic mass is 19.4. The van der Waals surface area contributed by atoms with E-state index in [2.05, 4.69) is 15.3 Å². The highest BCUT2D eigenvalue weighted by molar-refractivity contribution is 5.43. The normalized spacial score (nSPS) is 19.2. The lowest BCUT2D eigenvalue weighted by molar-refractivity contribution is -0.141. The number of hydrogen-bond donors (Lipinski definition) is 2. The molecule has 0 bridgehead atoms. The van der Waals surface area contributed by atoms with Gasteiger partial charge in [-0.15, -0.1) is 0 Å². The van der Waals surface area contributed by atoms with E-state index < -0.39 is 11.9 Å². The number of aromatic nitrogens is 2. The van der Waals surface area contributed by atoms with Gasteiger partial charge in [-0.25, -0.2) is 4.98 Å². The number of halogens is 3. The molecule has 0 aliphatic heterocycles. The predicted octanol–water partition coefficient (Wildman–Crippen LogP) is 3.21. The number of anilines is 2. The fraction of sp³-hybridized carbons (Fsp3) is 0.667. The summed E-state index contributed by atoms with van der Waals surface area (Å²) in [5.74, 6) is -0.221. The number of rotatable bonds is 2. The SMILES string of the molecule is CC1(Nc2cc(C(F)(F)F)nc(N)n2)CCCCC1. The molecule has 1 saturated carbocycles. The number of nitrogens with one attached hydrogen (secondary N) is 1. The number of alkyl halides is 3. The minimum Gasteiger partial charge on any atom is -0.368 e. The Morgan fingerprint density at radius 3 is 2.42 bits per heavy atom. The number of hydrogen-bond acceptors (Lipinski definition) is 4. The van der Waals surface area contributed by atoms with Crippen molar-refractivity contribution in [2.75, 3.05) is 11.1 Å². The topological polar surface area (TPSA) is 63.8 Å². The van der Waals surface area contributed by atoms with E-state index in [-0.39, 0.29) is 17.3 Å². The van der Waals surface area contributed by atoms with Crippen LogP contribution in [0.2, 0.25) is 0 Å². The third kappa shape index (κ3) is 3.48. The molecular weight excluding hydrogens is 257 g/mol. The van der Waals surface area contributed by atoms with E-state index >= 15 is 0 Å². The van der Waals surface area contributed by atoms with Gasteiger partial charge in [-0.1, -0.05) is 19.3 Å². The Labute approximate surface area is 109 Å². The van der Waals surface area contributed by atoms with Gasteiger partial charge >= 0.3 is 6.18 Å². The average molecular weight is 274 g/mol. The molecule has 3 N–H and O–H groups in total. The molecule has 1 fully saturated rings. The Kier molecular flexibility index (Phi) is 3.56. The Bertz CT molecular complexity index is 453. The molecule has 19 heavy (non-hydrogen) atoms. The van der Waals surface area contributed by atoms with Crippen molar-refractivity contribution in [2.45, 2.75) is 50.7 Å². The molecule has 1 aliphatic carbocycles. The maximum Gasteiger partial charge on any atom is 0.433 e. The van der Waals surface area contributed by atoms with Crippen LogP contribution in [0.25, 0.3) is 0 Å². The number of nitrogens with zero attached hydrogens (tertiary/aromatic N) is 2. The van der Waals surface area contributed by atoms with Gasteiger partial charge in [0.1, 0.15) is 5.82 Å². The lowest BCUT2D eigenvalue weighted by Gasteiger charge is -2.35. The molecule has 1 aromatic rings. The van der Waals surface area contributed by atoms with E-state index in [1.54, 1.807) is 0 Å². The lowest BCUT2D eigenvalue weighted by atomic mass is 9.83. The third-order valence-electron chi connectivity index (χ3n) is 3.42. The highest BCUT2D eigenvalue weighted by Crippen LogP contribution is 2.33. The lowest BCUT2D eigenvalue weighted by Crippen LogP contribution is -2.37. The zero-order chi connectivity index (χ0) is 14.1. The first kappa shape index (κ1) is 13.9. The molecule has 106 valence electrons. The third-order valence-corrected chi connectivity index (χ3v) is 3.42. The molecule has 0 radical (unpaired) electrons. The van der Waals surface area contributed by atoms with Crippen LogP contribution < -0.4 is 11.1 Å². The zero-order valence-corrected chi connectivity index (χ0v) is 10.7. The minimum absolute atomic E-state index is 0.143. The summed E-state index contributed by atoms with van der Waals surface area (Å²) in [6.45, 7) is 2.00. The van der Waals surface area contributed by atoms with Crippen molar-refractivity contribution >= 4 is 11.8 Å². The fourth-order valence-corrected chi connectivity index (χ4v) is 2.44. The summed E-state index contributed by atoms with van der Waals surface area (Å²) in [5, 5.41) is 3.08. The van der Waals surface area contributed by atoms with Gasteiger partial charge in [0.25, 0.3) is 0 Å². The predicted molar refractivity (Wildman–Crippen MR) is 66.6 cm³/mol. The van der Waals surface area contributed by atoms with Crippen LogP contribution in [0, 0.1) is 0 Å². The van der Waals surface area contributed by atoms with E-state index in [4.69, 9.17) is 5.73 Å². The van der Waals surface area contributed by atoms with Crippen LogP contribution in [0.4, 0.5) is 24.9 Å². The van der Waals surface area contributed by atoms with E-state index in [0.717, 1.165) is 38.2 Å². The molecule has 0 atom stereocenters. The van der Waals surface area contributed by atoms with Crippen molar-refractivity contribution in [3.8, 4) is 0 Å². The molecule has 0 spiro atoms. The van der Waals surface area contributed by atoms with Crippen molar-refractivity contribution in [3.05, 3.63) is 11.8 Å². The number of nitrogen functional groups attached to an aromatic ring is 1. The summed E-state index contributed by atoms with van der Waals surface area (Å²) in [5.41, 5.74) is 4.11. The molecule has 7 heteroatoms. The number of nitrogens with two attached hydrogens (primary N) is 1. The van der Waals surface area contributed by atoms with Crippen molar-refractivity contribution < 1.29 is 13.2 Å². The Hall–Kier alpha value is -1.53. The fourth-order valence-electron chi connectivity index (χ4n) is 2.44. The van der Waals surface area contributed by atoms with Gasteiger partial charge in [0.15, 0.2) is 5.69 Å². The second kappa shape index (κ2) is 4.86. The van der Waals surface area contributed by atoms with Gasteiger partial charge in [0.2, 0.25) is 5.95 Å². The Morgan fingerprint density at radius 1 is 1.21 bits per heavy atom. The molecule has 1 aromatic heterocycles. The molecule has 1 aliphatic rings. The van der Waals surface area contributed by atoms with Crippen molar-refractivity contribution in [3.63, 3.8) is 0 Å². The summed E-state index contributed by atoms with van der Waals surface area (Å²) < 4.78 is 37.9. The van der Waals surface area contributed by atoms with Gasteiger partial charge < -0.3 is 11.1 Å². The molecule has 4 nitrogen and oxygen atoms in total. The quantitative estimate of drug-likeness (QED) is 0.869. The van der Waals surface area contributed by atoms with Gasteiger partial charge in [0.05, 0.1) is 0 Å². The first-order valence-electron chi connectivity index (χ1n) is 6.28. The van der Waals surface area contributed by atoms with Crippen LogP contribution in [0.1, 0.15) is 44.7 Å². The standard InChI is InChI=1S/C12H17F3N4/c1-11(5-3-2-4-6-11)19-9-7-8(12(13,14)15)17-10(16)18-9/h7H,2-6H2,1H3,(H3,16,17,18,19). The summed E-state index contributed by atoms with van der Waals surface area (Å²) in [6.07, 6.45) is 0.612. The Morgan fingerprint density at radius 2 is 1.84 bits per heavy atom. The van der Waals surface area contributed by atoms with E-state index in [1.807, 2.05) is 6.92 Å². The van der Waals surface area contributed by atoms with Gasteiger partial charge in [-0.3, -0.25) is 0 Å². The van der Waals surface area contributed by atoms with Crippen LogP contribution in [0.15, 0.2) is 6.07 Å². The first-order valence-corrected chi connectivity index (χ1v) is 6.28. The van der Waals surface area contributed by atoms with Crippen LogP contribution in [0.3, 0.4) is 0 Å². The first-order chi connectivity index (χ1) is 8.78. The summed E-state index contributed by atoms with van der Waals surface area (Å²) >= 11 is 0. The maximum atomic E-state index is 12.6. The summed E-state index contributed by atoms with van der Waals surface area (Å²) in [6, 6.07) is 0.913. The van der Waals surface area contributed by atoms with Gasteiger partial charge in [0, 0.05) is 11.6 Å². The second-order valence-corrected chi connectivity index (χ2v) is 5.24. The van der Waals surface area contributed by atoms with Crippen molar-refractivity contribution in [1.29, 1.82) is 0 Å². The molecule has 0 aromatic carbocycles. The highest BCUT2D eigenvalue weighted by Gasteiger charge is 2.34. The second-order valence-electron chi connectivity index (χ2n) is 5.24. The van der Waals surface area contributed by atoms with Crippen LogP contribution in [-0.2, 0) is 6.18 Å². The molecule has 0 saturated heterocycles. The largest absolute Gasteiger partial charge is 0.433 e. The van der Waals surface area contributed by atoms with E-state index in [9.17, 15) is 13.2 Å². The van der Waals surface area contributed by atoms with Crippen molar-refractivity contribution in [1.82, 2.24) is 9.97 Å². The van der Waals surface area contributed by atoms with Crippen LogP contribution in [-0.4, -0.2) is 15.5 Å². The summed E-state index contributed by atoms with van der Waals surface area (Å²) in [7, 11) is 0. The molecule has 1 heterocycles. The van der Waals surface area contributed by atoms with Crippen LogP contribution in [0.5, 0.6) is 0 Å². The average Bonchev–Trinajstić information content (AvgIpc) is 2.27. The molecular formula is C12H17F3N4. The molecule has 2 rings (SSSR count). The maximum absolute atomic E-state index is 12.6. The molecule has 0 unspecified atom stereocenters. The monoisotopic (exact) mass is 274 g/mol. The van der Waals surface area contributed by atoms with Crippen LogP contribution >= 0.6 is 0 Å². The smallest absolute Gasteiger partial charge is 0.368 e. The van der Waals surface area contributed by atoms with Gasteiger partial charge in [-0.2, -0.15) is 18.2 Å². The van der Waals surface area contributed by atoms with E-state index in [0.29, 0.717) is 0 Å². The zero-order valence-electron chi connectivity index (χ0n) is 10.7. The van der Waals surface area contributed by atoms with E-state index in [1.165, 1.54) is 0 Å². The minimum atomic E-state index is -4.51. The van der Waals surface area contributed by atoms with Crippen molar-refractivity contribution in [2.24, 2.45) is 0 Å². The van der Waals surface area contributed by atoms with Gasteiger partial charge in [-0.05, 0) is 19.8 Å². The molecule has 0 amide bonds. The Balaban J connectivity index is 2.22. The summed E-state index contributed by atoms with van der Waals surface area (Å²) in [4.78, 5) is 7.06.